The average molecular weight is 356 g/mol. The Kier molecular flexibility index (Phi) is 5.60. The Hall–Kier alpha value is -2.47. The summed E-state index contributed by atoms with van der Waals surface area (Å²) >= 11 is 1.57. The normalized spacial score (nSPS) is 12.6. The van der Waals surface area contributed by atoms with Crippen molar-refractivity contribution in [1.82, 2.24) is 5.43 Å². The van der Waals surface area contributed by atoms with Crippen molar-refractivity contribution in [2.75, 3.05) is 12.5 Å². The molecule has 5 nitrogen and oxygen atoms in total. The van der Waals surface area contributed by atoms with Gasteiger partial charge in [-0.2, -0.15) is 5.10 Å². The zero-order chi connectivity index (χ0) is 17.6. The summed E-state index contributed by atoms with van der Waals surface area (Å²) in [4.78, 5) is 11.9. The number of fused-ring (bicyclic) bond motifs is 1. The van der Waals surface area contributed by atoms with Gasteiger partial charge in [-0.25, -0.2) is 5.43 Å². The Morgan fingerprint density at radius 2 is 1.92 bits per heavy atom. The van der Waals surface area contributed by atoms with Gasteiger partial charge in [0.15, 0.2) is 11.5 Å². The van der Waals surface area contributed by atoms with E-state index < -0.39 is 0 Å². The van der Waals surface area contributed by atoms with Gasteiger partial charge in [0.1, 0.15) is 0 Å². The smallest absolute Gasteiger partial charge is 0.250 e. The van der Waals surface area contributed by atoms with Crippen molar-refractivity contribution in [2.45, 2.75) is 19.6 Å². The summed E-state index contributed by atoms with van der Waals surface area (Å²) < 4.78 is 10.6. The van der Waals surface area contributed by atoms with Gasteiger partial charge < -0.3 is 9.47 Å². The van der Waals surface area contributed by atoms with Crippen LogP contribution in [0.15, 0.2) is 41.5 Å². The Morgan fingerprint density at radius 3 is 2.72 bits per heavy atom. The van der Waals surface area contributed by atoms with E-state index in [2.05, 4.69) is 42.6 Å². The number of nitrogens with zero attached hydrogens (tertiary/aromatic N) is 1. The summed E-state index contributed by atoms with van der Waals surface area (Å²) in [5, 5.41) is 3.99. The third kappa shape index (κ3) is 5.00. The second-order valence-corrected chi connectivity index (χ2v) is 6.88. The van der Waals surface area contributed by atoms with Gasteiger partial charge in [0.2, 0.25) is 12.7 Å². The molecule has 2 aromatic rings. The molecule has 1 N–H and O–H groups in total. The largest absolute Gasteiger partial charge is 0.454 e. The Balaban J connectivity index is 1.43. The van der Waals surface area contributed by atoms with Crippen LogP contribution in [0, 0.1) is 13.8 Å². The van der Waals surface area contributed by atoms with Crippen LogP contribution in [0.25, 0.3) is 0 Å². The molecule has 1 aliphatic heterocycles. The summed E-state index contributed by atoms with van der Waals surface area (Å²) in [6, 6.07) is 12.0. The average Bonchev–Trinajstić information content (AvgIpc) is 3.01. The number of nitrogens with one attached hydrogen (secondary N) is 1. The molecule has 0 radical (unpaired) electrons. The lowest BCUT2D eigenvalue weighted by molar-refractivity contribution is -0.118. The SMILES string of the molecule is Cc1cc(C)cc(CSCC(=O)N/N=C\c2ccc3c(c2)OCO3)c1. The van der Waals surface area contributed by atoms with E-state index in [0.29, 0.717) is 11.5 Å². The van der Waals surface area contributed by atoms with E-state index in [-0.39, 0.29) is 12.7 Å². The number of amides is 1. The second-order valence-electron chi connectivity index (χ2n) is 5.89. The molecule has 1 heterocycles. The summed E-state index contributed by atoms with van der Waals surface area (Å²) in [5.41, 5.74) is 7.11. The van der Waals surface area contributed by atoms with Gasteiger partial charge in [0.25, 0.3) is 0 Å². The molecule has 0 bridgehead atoms. The topological polar surface area (TPSA) is 59.9 Å². The summed E-state index contributed by atoms with van der Waals surface area (Å²) in [6.07, 6.45) is 1.59. The molecule has 2 aromatic carbocycles. The number of hydrogen-bond acceptors (Lipinski definition) is 5. The molecule has 0 saturated heterocycles. The van der Waals surface area contributed by atoms with Crippen LogP contribution >= 0.6 is 11.8 Å². The molecule has 0 unspecified atom stereocenters. The van der Waals surface area contributed by atoms with Crippen LogP contribution in [-0.4, -0.2) is 24.7 Å². The molecule has 0 atom stereocenters. The Labute approximate surface area is 151 Å². The predicted octanol–water partition coefficient (Wildman–Crippen LogP) is 3.42. The van der Waals surface area contributed by atoms with Crippen LogP contribution < -0.4 is 14.9 Å². The molecular weight excluding hydrogens is 336 g/mol. The first-order valence-corrected chi connectivity index (χ1v) is 9.12. The van der Waals surface area contributed by atoms with Crippen molar-refractivity contribution in [3.63, 3.8) is 0 Å². The first-order chi connectivity index (χ1) is 12.1. The van der Waals surface area contributed by atoms with Crippen molar-refractivity contribution in [3.05, 3.63) is 58.7 Å². The first kappa shape index (κ1) is 17.4. The monoisotopic (exact) mass is 356 g/mol. The molecule has 0 spiro atoms. The number of ether oxygens (including phenoxy) is 2. The molecule has 0 aromatic heterocycles. The zero-order valence-electron chi connectivity index (χ0n) is 14.2. The second kappa shape index (κ2) is 8.07. The standard InChI is InChI=1S/C19H20N2O3S/c1-13-5-14(2)7-16(6-13)10-25-11-19(22)21-20-9-15-3-4-17-18(8-15)24-12-23-17/h3-9H,10-12H2,1-2H3,(H,21,22)/b20-9-. The molecule has 0 saturated carbocycles. The van der Waals surface area contributed by atoms with Gasteiger partial charge in [0.05, 0.1) is 12.0 Å². The number of carbonyl (C=O) groups is 1. The molecular formula is C19H20N2O3S. The van der Waals surface area contributed by atoms with Gasteiger partial charge in [-0.3, -0.25) is 4.79 Å². The number of benzene rings is 2. The minimum absolute atomic E-state index is 0.119. The Bertz CT molecular complexity index is 785. The van der Waals surface area contributed by atoms with Gasteiger partial charge in [0, 0.05) is 5.75 Å². The highest BCUT2D eigenvalue weighted by atomic mass is 32.2. The van der Waals surface area contributed by atoms with Crippen molar-refractivity contribution in [3.8, 4) is 11.5 Å². The third-order valence-corrected chi connectivity index (χ3v) is 4.59. The number of carbonyl (C=O) groups excluding carboxylic acids is 1. The Morgan fingerprint density at radius 1 is 1.16 bits per heavy atom. The lowest BCUT2D eigenvalue weighted by Crippen LogP contribution is -2.19. The van der Waals surface area contributed by atoms with E-state index >= 15 is 0 Å². The van der Waals surface area contributed by atoms with Crippen molar-refractivity contribution in [1.29, 1.82) is 0 Å². The fraction of sp³-hybridized carbons (Fsp3) is 0.263. The van der Waals surface area contributed by atoms with Crippen molar-refractivity contribution >= 4 is 23.9 Å². The molecule has 0 fully saturated rings. The van der Waals surface area contributed by atoms with E-state index in [1.807, 2.05) is 18.2 Å². The summed E-state index contributed by atoms with van der Waals surface area (Å²) in [6.45, 7) is 4.40. The highest BCUT2D eigenvalue weighted by Gasteiger charge is 2.12. The highest BCUT2D eigenvalue weighted by molar-refractivity contribution is 7.99. The fourth-order valence-corrected chi connectivity index (χ4v) is 3.37. The van der Waals surface area contributed by atoms with Crippen LogP contribution in [0.3, 0.4) is 0 Å². The fourth-order valence-electron chi connectivity index (χ4n) is 2.62. The van der Waals surface area contributed by atoms with E-state index in [4.69, 9.17) is 9.47 Å². The molecule has 6 heteroatoms. The van der Waals surface area contributed by atoms with Crippen LogP contribution in [0.1, 0.15) is 22.3 Å². The molecule has 1 aliphatic rings. The van der Waals surface area contributed by atoms with Crippen molar-refractivity contribution < 1.29 is 14.3 Å². The highest BCUT2D eigenvalue weighted by Crippen LogP contribution is 2.31. The van der Waals surface area contributed by atoms with Gasteiger partial charge >= 0.3 is 0 Å². The van der Waals surface area contributed by atoms with Gasteiger partial charge in [-0.1, -0.05) is 29.3 Å². The van der Waals surface area contributed by atoms with E-state index in [1.54, 1.807) is 18.0 Å². The zero-order valence-corrected chi connectivity index (χ0v) is 15.1. The molecule has 1 amide bonds. The summed E-state index contributed by atoms with van der Waals surface area (Å²) in [5.74, 6) is 2.47. The molecule has 3 rings (SSSR count). The molecule has 25 heavy (non-hydrogen) atoms. The van der Waals surface area contributed by atoms with Crippen LogP contribution in [0.4, 0.5) is 0 Å². The van der Waals surface area contributed by atoms with E-state index in [0.717, 1.165) is 17.1 Å². The van der Waals surface area contributed by atoms with Crippen LogP contribution in [0.2, 0.25) is 0 Å². The van der Waals surface area contributed by atoms with Crippen LogP contribution in [-0.2, 0) is 10.5 Å². The molecule has 130 valence electrons. The minimum Gasteiger partial charge on any atom is -0.454 e. The van der Waals surface area contributed by atoms with E-state index in [1.165, 1.54) is 16.7 Å². The van der Waals surface area contributed by atoms with Gasteiger partial charge in [-0.15, -0.1) is 11.8 Å². The number of aryl methyl sites for hydroxylation is 2. The van der Waals surface area contributed by atoms with Crippen molar-refractivity contribution in [2.24, 2.45) is 5.10 Å². The predicted molar refractivity (Wildman–Crippen MR) is 100 cm³/mol. The lowest BCUT2D eigenvalue weighted by Gasteiger charge is -2.04. The molecule has 0 aliphatic carbocycles. The quantitative estimate of drug-likeness (QED) is 0.636. The van der Waals surface area contributed by atoms with E-state index in [9.17, 15) is 4.79 Å². The lowest BCUT2D eigenvalue weighted by atomic mass is 10.1. The van der Waals surface area contributed by atoms with Crippen LogP contribution in [0.5, 0.6) is 11.5 Å². The summed E-state index contributed by atoms with van der Waals surface area (Å²) in [7, 11) is 0. The maximum absolute atomic E-state index is 11.9. The number of hydrazone groups is 1. The maximum Gasteiger partial charge on any atom is 0.250 e. The first-order valence-electron chi connectivity index (χ1n) is 7.96. The number of thioether (sulfide) groups is 1. The minimum atomic E-state index is -0.119. The number of hydrogen-bond donors (Lipinski definition) is 1. The van der Waals surface area contributed by atoms with Gasteiger partial charge in [-0.05, 0) is 43.2 Å². The number of rotatable bonds is 6. The third-order valence-electron chi connectivity index (χ3n) is 3.58. The maximum atomic E-state index is 11.9.